The summed E-state index contributed by atoms with van der Waals surface area (Å²) >= 11 is 0. The normalized spacial score (nSPS) is 32.6. The second kappa shape index (κ2) is 16.3. The van der Waals surface area contributed by atoms with Gasteiger partial charge in [0.15, 0.2) is 17.5 Å². The summed E-state index contributed by atoms with van der Waals surface area (Å²) in [5.41, 5.74) is -8.76. The van der Waals surface area contributed by atoms with Crippen molar-refractivity contribution in [1.29, 1.82) is 0 Å². The maximum absolute atomic E-state index is 15.3. The van der Waals surface area contributed by atoms with Gasteiger partial charge in [0.05, 0.1) is 29.8 Å². The Bertz CT molecular complexity index is 2070. The van der Waals surface area contributed by atoms with Crippen LogP contribution in [0.25, 0.3) is 0 Å². The predicted molar refractivity (Wildman–Crippen MR) is 210 cm³/mol. The number of aliphatic hydroxyl groups is 3. The number of amides is 1. The molecule has 2 saturated carbocycles. The van der Waals surface area contributed by atoms with E-state index < -0.39 is 118 Å². The summed E-state index contributed by atoms with van der Waals surface area (Å²) in [6.07, 6.45) is -10.5. The van der Waals surface area contributed by atoms with Crippen molar-refractivity contribution in [3.63, 3.8) is 0 Å². The lowest BCUT2D eigenvalue weighted by Crippen LogP contribution is -2.82. The molecule has 17 heteroatoms. The molecule has 2 aromatic rings. The lowest BCUT2D eigenvalue weighted by atomic mass is 9.44. The molecule has 6 rings (SSSR count). The summed E-state index contributed by atoms with van der Waals surface area (Å²) in [7, 11) is 0. The van der Waals surface area contributed by atoms with Crippen molar-refractivity contribution in [2.24, 2.45) is 16.7 Å². The summed E-state index contributed by atoms with van der Waals surface area (Å²) in [5, 5.41) is 40.0. The molecular weight excluding hydrogens is 798 g/mol. The fourth-order valence-electron chi connectivity index (χ4n) is 9.72. The molecule has 0 radical (unpaired) electrons. The Kier molecular flexibility index (Phi) is 12.1. The molecule has 0 spiro atoms. The molecular formula is C44H55NO16. The molecule has 4 N–H and O–H groups in total. The number of carbonyl (C=O) groups excluding carboxylic acids is 6. The summed E-state index contributed by atoms with van der Waals surface area (Å²) in [4.78, 5) is 82.6. The SMILES string of the molecule is CCC(=O)O[C@H]1C[C@H]2OC[C@@]2(OC(C)=O)C2C(OC(=O)c3ccccc3)[C@]3(O)C[C@H](OC(=O)[C@H](O)[C@@H](NC(=O)OC(C)(C)C)c4ccco4)C(C)=C([C@@H](O)C(=O)[C@@]21C)C3(C)C. The van der Waals surface area contributed by atoms with E-state index >= 15 is 4.79 Å². The number of nitrogens with one attached hydrogen (secondary N) is 1. The van der Waals surface area contributed by atoms with E-state index in [1.54, 1.807) is 45.9 Å². The molecule has 1 aromatic heterocycles. The van der Waals surface area contributed by atoms with Crippen LogP contribution < -0.4 is 5.32 Å². The van der Waals surface area contributed by atoms with Crippen molar-refractivity contribution < 1.29 is 76.9 Å². The Balaban J connectivity index is 1.52. The number of esters is 4. The standard InChI is InChI=1S/C44H55NO16/c1-10-29(47)58-27-19-28-43(21-56-28,60-23(3)46)34-36(59-37(51)24-15-12-11-13-16-24)44(54)20-26(22(2)30(41(44,7)8)32(48)35(50)42(27,34)9)57-38(52)33(49)31(25-17-14-18-55-25)45-39(53)61-40(4,5)6/h11-18,26-28,31-34,36,48-49,54H,10,19-21H2,1-9H3,(H,45,53)/t26-,27-,28+,31-,32+,33+,34?,36?,42+,43-,44+/m0/s1. The van der Waals surface area contributed by atoms with Crippen molar-refractivity contribution in [1.82, 2.24) is 5.32 Å². The molecule has 332 valence electrons. The number of furan rings is 1. The van der Waals surface area contributed by atoms with Crippen molar-refractivity contribution in [2.45, 2.75) is 141 Å². The Morgan fingerprint density at radius 3 is 2.23 bits per heavy atom. The fraction of sp³-hybridized carbons (Fsp3) is 0.591. The predicted octanol–water partition coefficient (Wildman–Crippen LogP) is 3.81. The molecule has 1 aliphatic heterocycles. The molecule has 61 heavy (non-hydrogen) atoms. The molecule has 1 aromatic carbocycles. The van der Waals surface area contributed by atoms with E-state index in [9.17, 15) is 39.3 Å². The highest BCUT2D eigenvalue weighted by Gasteiger charge is 2.78. The number of fused-ring (bicyclic) bond motifs is 5. The lowest BCUT2D eigenvalue weighted by molar-refractivity contribution is -0.346. The van der Waals surface area contributed by atoms with Gasteiger partial charge in [-0.2, -0.15) is 0 Å². The van der Waals surface area contributed by atoms with Gasteiger partial charge in [0, 0.05) is 31.6 Å². The topological polar surface area (TPSA) is 244 Å². The number of benzene rings is 1. The Hall–Kier alpha value is -5.10. The molecule has 2 bridgehead atoms. The number of ketones is 1. The number of Topliss-reactive ketones (excluding diaryl/α,β-unsaturated/α-hetero) is 1. The van der Waals surface area contributed by atoms with Gasteiger partial charge >= 0.3 is 30.0 Å². The number of hydrogen-bond acceptors (Lipinski definition) is 16. The minimum absolute atomic E-state index is 0.0317. The Morgan fingerprint density at radius 1 is 1.00 bits per heavy atom. The van der Waals surface area contributed by atoms with Crippen molar-refractivity contribution in [3.05, 3.63) is 71.2 Å². The average Bonchev–Trinajstić information content (AvgIpc) is 3.72. The molecule has 1 saturated heterocycles. The third-order valence-corrected chi connectivity index (χ3v) is 12.8. The fourth-order valence-corrected chi connectivity index (χ4v) is 9.72. The van der Waals surface area contributed by atoms with Crippen molar-refractivity contribution in [2.75, 3.05) is 6.61 Å². The van der Waals surface area contributed by atoms with Crippen LogP contribution >= 0.6 is 0 Å². The summed E-state index contributed by atoms with van der Waals surface area (Å²) < 4.78 is 41.1. The third-order valence-electron chi connectivity index (χ3n) is 12.8. The number of aliphatic hydroxyl groups excluding tert-OH is 2. The molecule has 3 aliphatic carbocycles. The average molecular weight is 854 g/mol. The van der Waals surface area contributed by atoms with Gasteiger partial charge in [0.1, 0.15) is 53.5 Å². The van der Waals surface area contributed by atoms with E-state index in [0.717, 1.165) is 6.92 Å². The molecule has 4 aliphatic rings. The first-order valence-electron chi connectivity index (χ1n) is 20.3. The van der Waals surface area contributed by atoms with Crippen LogP contribution in [0.1, 0.15) is 104 Å². The maximum atomic E-state index is 15.3. The highest BCUT2D eigenvalue weighted by atomic mass is 16.6. The van der Waals surface area contributed by atoms with E-state index in [4.69, 9.17) is 32.8 Å². The maximum Gasteiger partial charge on any atom is 0.408 e. The van der Waals surface area contributed by atoms with Gasteiger partial charge in [-0.15, -0.1) is 0 Å². The van der Waals surface area contributed by atoms with Crippen LogP contribution in [-0.4, -0.2) is 111 Å². The Labute approximate surface area is 353 Å². The molecule has 3 fully saturated rings. The monoisotopic (exact) mass is 853 g/mol. The first kappa shape index (κ1) is 45.4. The Morgan fingerprint density at radius 2 is 1.67 bits per heavy atom. The first-order chi connectivity index (χ1) is 28.4. The zero-order valence-electron chi connectivity index (χ0n) is 35.7. The molecule has 2 unspecified atom stereocenters. The second-order valence-corrected chi connectivity index (χ2v) is 18.0. The van der Waals surface area contributed by atoms with E-state index in [1.165, 1.54) is 58.2 Å². The van der Waals surface area contributed by atoms with Crippen LogP contribution in [0.15, 0.2) is 64.3 Å². The van der Waals surface area contributed by atoms with Crippen LogP contribution in [0.3, 0.4) is 0 Å². The molecule has 17 nitrogen and oxygen atoms in total. The first-order valence-corrected chi connectivity index (χ1v) is 20.3. The zero-order chi connectivity index (χ0) is 45.0. The molecule has 11 atom stereocenters. The highest BCUT2D eigenvalue weighted by molar-refractivity contribution is 5.94. The number of ether oxygens (including phenoxy) is 6. The lowest BCUT2D eigenvalue weighted by Gasteiger charge is -2.67. The number of alkyl carbamates (subject to hydrolysis) is 1. The van der Waals surface area contributed by atoms with Gasteiger partial charge in [0.25, 0.3) is 0 Å². The second-order valence-electron chi connectivity index (χ2n) is 18.0. The van der Waals surface area contributed by atoms with Gasteiger partial charge < -0.3 is 53.5 Å². The van der Waals surface area contributed by atoms with Crippen molar-refractivity contribution in [3.8, 4) is 0 Å². The summed E-state index contributed by atoms with van der Waals surface area (Å²) in [6.45, 7) is 13.2. The van der Waals surface area contributed by atoms with Gasteiger partial charge in [0.2, 0.25) is 0 Å². The summed E-state index contributed by atoms with van der Waals surface area (Å²) in [6, 6.07) is 9.15. The zero-order valence-corrected chi connectivity index (χ0v) is 35.7. The van der Waals surface area contributed by atoms with E-state index in [0.29, 0.717) is 0 Å². The number of hydrogen-bond donors (Lipinski definition) is 4. The molecule has 2 heterocycles. The van der Waals surface area contributed by atoms with Gasteiger partial charge in [-0.1, -0.05) is 39.0 Å². The van der Waals surface area contributed by atoms with Gasteiger partial charge in [-0.05, 0) is 70.0 Å². The minimum Gasteiger partial charge on any atom is -0.467 e. The summed E-state index contributed by atoms with van der Waals surface area (Å²) in [5.74, 6) is -6.25. The quantitative estimate of drug-likeness (QED) is 0.151. The molecule has 1 amide bonds. The van der Waals surface area contributed by atoms with Gasteiger partial charge in [-0.3, -0.25) is 14.4 Å². The van der Waals surface area contributed by atoms with Crippen LogP contribution in [0.4, 0.5) is 4.79 Å². The van der Waals surface area contributed by atoms with Crippen LogP contribution in [0.5, 0.6) is 0 Å². The highest BCUT2D eigenvalue weighted by Crippen LogP contribution is 2.64. The smallest absolute Gasteiger partial charge is 0.408 e. The minimum atomic E-state index is -2.41. The van der Waals surface area contributed by atoms with Gasteiger partial charge in [-0.25, -0.2) is 14.4 Å². The van der Waals surface area contributed by atoms with Crippen LogP contribution in [0.2, 0.25) is 0 Å². The van der Waals surface area contributed by atoms with E-state index in [1.807, 2.05) is 0 Å². The van der Waals surface area contributed by atoms with E-state index in [2.05, 4.69) is 5.32 Å². The number of rotatable bonds is 10. The number of carbonyl (C=O) groups is 6. The van der Waals surface area contributed by atoms with Crippen LogP contribution in [0, 0.1) is 16.7 Å². The van der Waals surface area contributed by atoms with Crippen molar-refractivity contribution >= 4 is 35.8 Å². The third kappa shape index (κ3) is 7.85. The largest absolute Gasteiger partial charge is 0.467 e. The van der Waals surface area contributed by atoms with Crippen LogP contribution in [-0.2, 0) is 47.6 Å². The van der Waals surface area contributed by atoms with E-state index in [-0.39, 0.29) is 41.9 Å².